The van der Waals surface area contributed by atoms with Crippen LogP contribution in [-0.4, -0.2) is 25.7 Å². The number of carbonyl (C=O) groups excluding carboxylic acids is 1. The SMILES string of the molecule is COc1cccc(CN2C(=O)c3ccccc3S2(=O)=O)c1. The first kappa shape index (κ1) is 13.6. The summed E-state index contributed by atoms with van der Waals surface area (Å²) < 4.78 is 30.9. The molecule has 0 fully saturated rings. The summed E-state index contributed by atoms with van der Waals surface area (Å²) in [6, 6.07) is 13.2. The molecule has 0 spiro atoms. The van der Waals surface area contributed by atoms with E-state index in [1.807, 2.05) is 0 Å². The number of nitrogens with zero attached hydrogens (tertiary/aromatic N) is 1. The Morgan fingerprint density at radius 1 is 1.10 bits per heavy atom. The zero-order chi connectivity index (χ0) is 15.0. The summed E-state index contributed by atoms with van der Waals surface area (Å²) in [5, 5.41) is 0. The van der Waals surface area contributed by atoms with Crippen LogP contribution in [-0.2, 0) is 16.6 Å². The van der Waals surface area contributed by atoms with E-state index in [-0.39, 0.29) is 17.0 Å². The van der Waals surface area contributed by atoms with Crippen molar-refractivity contribution in [1.29, 1.82) is 0 Å². The number of carbonyl (C=O) groups is 1. The molecule has 3 rings (SSSR count). The zero-order valence-electron chi connectivity index (χ0n) is 11.3. The number of hydrogen-bond acceptors (Lipinski definition) is 4. The Bertz CT molecular complexity index is 814. The van der Waals surface area contributed by atoms with Crippen LogP contribution in [0.15, 0.2) is 53.4 Å². The van der Waals surface area contributed by atoms with E-state index < -0.39 is 15.9 Å². The van der Waals surface area contributed by atoms with Crippen molar-refractivity contribution in [2.75, 3.05) is 7.11 Å². The molecular weight excluding hydrogens is 290 g/mol. The lowest BCUT2D eigenvalue weighted by Crippen LogP contribution is -2.29. The predicted octanol–water partition coefficient (Wildman–Crippen LogP) is 2.04. The van der Waals surface area contributed by atoms with E-state index in [1.54, 1.807) is 36.4 Å². The number of benzene rings is 2. The van der Waals surface area contributed by atoms with Crippen LogP contribution in [0.25, 0.3) is 0 Å². The normalized spacial score (nSPS) is 15.9. The first-order valence-electron chi connectivity index (χ1n) is 6.33. The molecule has 21 heavy (non-hydrogen) atoms. The van der Waals surface area contributed by atoms with Crippen LogP contribution >= 0.6 is 0 Å². The minimum absolute atomic E-state index is 0.00690. The Balaban J connectivity index is 1.99. The second kappa shape index (κ2) is 4.89. The molecule has 0 radical (unpaired) electrons. The summed E-state index contributed by atoms with van der Waals surface area (Å²) in [7, 11) is -2.24. The molecule has 1 aliphatic rings. The fraction of sp³-hybridized carbons (Fsp3) is 0.133. The van der Waals surface area contributed by atoms with Crippen molar-refractivity contribution in [3.63, 3.8) is 0 Å². The maximum atomic E-state index is 12.4. The first-order chi connectivity index (χ1) is 10.0. The van der Waals surface area contributed by atoms with Gasteiger partial charge in [0, 0.05) is 0 Å². The average Bonchev–Trinajstić information content (AvgIpc) is 2.69. The molecule has 0 N–H and O–H groups in total. The molecule has 0 aliphatic carbocycles. The molecular formula is C15H13NO4S. The van der Waals surface area contributed by atoms with Crippen molar-refractivity contribution in [2.45, 2.75) is 11.4 Å². The molecule has 1 amide bonds. The maximum Gasteiger partial charge on any atom is 0.269 e. The van der Waals surface area contributed by atoms with Gasteiger partial charge in [-0.15, -0.1) is 0 Å². The quantitative estimate of drug-likeness (QED) is 0.870. The summed E-state index contributed by atoms with van der Waals surface area (Å²) in [6.45, 7) is -0.00690. The van der Waals surface area contributed by atoms with E-state index in [1.165, 1.54) is 19.2 Å². The van der Waals surface area contributed by atoms with Crippen LogP contribution in [0.1, 0.15) is 15.9 Å². The number of hydrogen-bond donors (Lipinski definition) is 0. The van der Waals surface area contributed by atoms with E-state index in [0.29, 0.717) is 11.3 Å². The van der Waals surface area contributed by atoms with Gasteiger partial charge < -0.3 is 4.74 Å². The number of ether oxygens (including phenoxy) is 1. The lowest BCUT2D eigenvalue weighted by atomic mass is 10.2. The highest BCUT2D eigenvalue weighted by Crippen LogP contribution is 2.31. The molecule has 0 saturated heterocycles. The highest BCUT2D eigenvalue weighted by atomic mass is 32.2. The number of fused-ring (bicyclic) bond motifs is 1. The van der Waals surface area contributed by atoms with Crippen LogP contribution in [0.3, 0.4) is 0 Å². The summed E-state index contributed by atoms with van der Waals surface area (Å²) >= 11 is 0. The predicted molar refractivity (Wildman–Crippen MR) is 76.5 cm³/mol. The van der Waals surface area contributed by atoms with Crippen molar-refractivity contribution >= 4 is 15.9 Å². The van der Waals surface area contributed by atoms with Crippen molar-refractivity contribution in [3.8, 4) is 5.75 Å². The molecule has 0 unspecified atom stereocenters. The highest BCUT2D eigenvalue weighted by Gasteiger charge is 2.40. The third-order valence-corrected chi connectivity index (χ3v) is 5.16. The van der Waals surface area contributed by atoms with Gasteiger partial charge in [-0.05, 0) is 29.8 Å². The lowest BCUT2D eigenvalue weighted by Gasteiger charge is -2.15. The minimum Gasteiger partial charge on any atom is -0.497 e. The van der Waals surface area contributed by atoms with Gasteiger partial charge in [0.25, 0.3) is 15.9 Å². The molecule has 2 aromatic rings. The first-order valence-corrected chi connectivity index (χ1v) is 7.77. The molecule has 5 nitrogen and oxygen atoms in total. The zero-order valence-corrected chi connectivity index (χ0v) is 12.1. The lowest BCUT2D eigenvalue weighted by molar-refractivity contribution is 0.0865. The summed E-state index contributed by atoms with van der Waals surface area (Å²) in [4.78, 5) is 12.4. The molecule has 1 aliphatic heterocycles. The molecule has 108 valence electrons. The second-order valence-corrected chi connectivity index (χ2v) is 6.50. The molecule has 2 aromatic carbocycles. The molecule has 0 atom stereocenters. The van der Waals surface area contributed by atoms with Crippen LogP contribution in [0.5, 0.6) is 5.75 Å². The second-order valence-electron chi connectivity index (χ2n) is 4.66. The third-order valence-electron chi connectivity index (χ3n) is 3.37. The fourth-order valence-electron chi connectivity index (χ4n) is 2.32. The van der Waals surface area contributed by atoms with E-state index in [9.17, 15) is 13.2 Å². The molecule has 0 bridgehead atoms. The topological polar surface area (TPSA) is 63.7 Å². The highest BCUT2D eigenvalue weighted by molar-refractivity contribution is 7.90. The standard InChI is InChI=1S/C15H13NO4S/c1-20-12-6-4-5-11(9-12)10-16-15(17)13-7-2-3-8-14(13)21(16,18)19/h2-9H,10H2,1H3. The van der Waals surface area contributed by atoms with Crippen molar-refractivity contribution in [3.05, 3.63) is 59.7 Å². The molecule has 1 heterocycles. The van der Waals surface area contributed by atoms with Gasteiger partial charge in [0.15, 0.2) is 0 Å². The van der Waals surface area contributed by atoms with Gasteiger partial charge in [-0.1, -0.05) is 24.3 Å². The third kappa shape index (κ3) is 2.17. The Labute approximate surface area is 122 Å². The van der Waals surface area contributed by atoms with E-state index >= 15 is 0 Å². The van der Waals surface area contributed by atoms with Gasteiger partial charge in [-0.25, -0.2) is 12.7 Å². The van der Waals surface area contributed by atoms with E-state index in [4.69, 9.17) is 4.74 Å². The summed E-state index contributed by atoms with van der Waals surface area (Å²) in [5.41, 5.74) is 0.916. The van der Waals surface area contributed by atoms with Crippen LogP contribution < -0.4 is 4.74 Å². The summed E-state index contributed by atoms with van der Waals surface area (Å²) in [6.07, 6.45) is 0. The molecule has 0 saturated carbocycles. The van der Waals surface area contributed by atoms with Gasteiger partial charge >= 0.3 is 0 Å². The van der Waals surface area contributed by atoms with Crippen LogP contribution in [0, 0.1) is 0 Å². The molecule has 0 aromatic heterocycles. The number of rotatable bonds is 3. The number of methoxy groups -OCH3 is 1. The van der Waals surface area contributed by atoms with Gasteiger partial charge in [0.1, 0.15) is 10.6 Å². The van der Waals surface area contributed by atoms with Crippen LogP contribution in [0.4, 0.5) is 0 Å². The van der Waals surface area contributed by atoms with Gasteiger partial charge in [-0.3, -0.25) is 4.79 Å². The van der Waals surface area contributed by atoms with Crippen LogP contribution in [0.2, 0.25) is 0 Å². The van der Waals surface area contributed by atoms with E-state index in [2.05, 4.69) is 0 Å². The van der Waals surface area contributed by atoms with Crippen molar-refractivity contribution in [1.82, 2.24) is 4.31 Å². The Morgan fingerprint density at radius 3 is 2.57 bits per heavy atom. The Kier molecular flexibility index (Phi) is 3.17. The van der Waals surface area contributed by atoms with Gasteiger partial charge in [0.05, 0.1) is 19.2 Å². The van der Waals surface area contributed by atoms with Crippen molar-refractivity contribution in [2.24, 2.45) is 0 Å². The van der Waals surface area contributed by atoms with E-state index in [0.717, 1.165) is 4.31 Å². The number of amides is 1. The Hall–Kier alpha value is -2.34. The van der Waals surface area contributed by atoms with Gasteiger partial charge in [-0.2, -0.15) is 0 Å². The molecule has 6 heteroatoms. The van der Waals surface area contributed by atoms with Gasteiger partial charge in [0.2, 0.25) is 0 Å². The maximum absolute atomic E-state index is 12.4. The average molecular weight is 303 g/mol. The fourth-order valence-corrected chi connectivity index (χ4v) is 3.88. The Morgan fingerprint density at radius 2 is 1.86 bits per heavy atom. The minimum atomic E-state index is -3.77. The largest absolute Gasteiger partial charge is 0.497 e. The van der Waals surface area contributed by atoms with Crippen molar-refractivity contribution < 1.29 is 17.9 Å². The summed E-state index contributed by atoms with van der Waals surface area (Å²) in [5.74, 6) is 0.127. The smallest absolute Gasteiger partial charge is 0.269 e. The number of sulfonamides is 1. The monoisotopic (exact) mass is 303 g/mol.